The van der Waals surface area contributed by atoms with Crippen LogP contribution in [0.4, 0.5) is 6.01 Å². The van der Waals surface area contributed by atoms with E-state index in [1.807, 2.05) is 6.07 Å². The number of nitrogens with one attached hydrogen (secondary N) is 1. The first-order valence-electron chi connectivity index (χ1n) is 6.40. The normalized spacial score (nSPS) is 10.6. The molecule has 116 valence electrons. The molecule has 0 radical (unpaired) electrons. The molecule has 0 saturated carbocycles. The molecule has 1 aromatic heterocycles. The second kappa shape index (κ2) is 6.58. The number of nitrogens with zero attached hydrogens (tertiary/aromatic N) is 2. The standard InChI is InChI=1S/C15H8Cl3N3O2/c16-10-7-6-9(11(17)12(10)18)14-20-21-15(23-14)19-13(22)8-4-2-1-3-5-8/h1-7H,(H,19,21,22). The molecule has 0 atom stereocenters. The first-order valence-corrected chi connectivity index (χ1v) is 7.53. The third-order valence-corrected chi connectivity index (χ3v) is 4.24. The molecule has 0 spiro atoms. The van der Waals surface area contributed by atoms with Crippen LogP contribution in [-0.2, 0) is 0 Å². The Morgan fingerprint density at radius 2 is 1.70 bits per heavy atom. The van der Waals surface area contributed by atoms with Crippen molar-refractivity contribution in [2.45, 2.75) is 0 Å². The number of rotatable bonds is 3. The number of benzene rings is 2. The average Bonchev–Trinajstić information content (AvgIpc) is 3.02. The zero-order chi connectivity index (χ0) is 16.4. The number of anilines is 1. The molecule has 0 saturated heterocycles. The maximum absolute atomic E-state index is 12.0. The summed E-state index contributed by atoms with van der Waals surface area (Å²) >= 11 is 18.0. The Balaban J connectivity index is 1.84. The molecule has 8 heteroatoms. The Kier molecular flexibility index (Phi) is 4.52. The van der Waals surface area contributed by atoms with E-state index in [0.29, 0.717) is 16.1 Å². The summed E-state index contributed by atoms with van der Waals surface area (Å²) in [5, 5.41) is 10.8. The number of amides is 1. The molecule has 1 heterocycles. The van der Waals surface area contributed by atoms with Crippen LogP contribution in [0.3, 0.4) is 0 Å². The van der Waals surface area contributed by atoms with Gasteiger partial charge in [0.2, 0.25) is 0 Å². The molecular formula is C15H8Cl3N3O2. The average molecular weight is 369 g/mol. The van der Waals surface area contributed by atoms with E-state index in [0.717, 1.165) is 0 Å². The molecular weight excluding hydrogens is 361 g/mol. The highest BCUT2D eigenvalue weighted by Crippen LogP contribution is 2.37. The van der Waals surface area contributed by atoms with Crippen LogP contribution in [0.5, 0.6) is 0 Å². The van der Waals surface area contributed by atoms with E-state index in [-0.39, 0.29) is 27.9 Å². The number of hydrogen-bond donors (Lipinski definition) is 1. The number of hydrogen-bond acceptors (Lipinski definition) is 4. The maximum Gasteiger partial charge on any atom is 0.322 e. The van der Waals surface area contributed by atoms with Gasteiger partial charge in [-0.25, -0.2) is 0 Å². The van der Waals surface area contributed by atoms with Crippen LogP contribution in [0.15, 0.2) is 46.9 Å². The maximum atomic E-state index is 12.0. The molecule has 3 rings (SSSR count). The molecule has 1 N–H and O–H groups in total. The van der Waals surface area contributed by atoms with Crippen molar-refractivity contribution in [2.75, 3.05) is 5.32 Å². The largest absolute Gasteiger partial charge is 0.403 e. The van der Waals surface area contributed by atoms with Gasteiger partial charge in [-0.05, 0) is 24.3 Å². The number of aromatic nitrogens is 2. The summed E-state index contributed by atoms with van der Waals surface area (Å²) in [5.74, 6) is -0.238. The Labute approximate surface area is 146 Å². The van der Waals surface area contributed by atoms with Crippen molar-refractivity contribution in [3.05, 3.63) is 63.1 Å². The smallest absolute Gasteiger partial charge is 0.322 e. The van der Waals surface area contributed by atoms with Crippen molar-refractivity contribution in [2.24, 2.45) is 0 Å². The molecule has 3 aromatic rings. The molecule has 1 amide bonds. The first-order chi connectivity index (χ1) is 11.1. The third-order valence-electron chi connectivity index (χ3n) is 2.95. The predicted molar refractivity (Wildman–Crippen MR) is 89.2 cm³/mol. The minimum absolute atomic E-state index is 0.0454. The van der Waals surface area contributed by atoms with Gasteiger partial charge in [0.05, 0.1) is 20.6 Å². The second-order valence-corrected chi connectivity index (χ2v) is 5.62. The third kappa shape index (κ3) is 3.32. The fourth-order valence-corrected chi connectivity index (χ4v) is 2.45. The Bertz CT molecular complexity index is 866. The molecule has 0 fully saturated rings. The van der Waals surface area contributed by atoms with Gasteiger partial charge in [-0.1, -0.05) is 58.1 Å². The minimum atomic E-state index is -0.360. The van der Waals surface area contributed by atoms with Crippen LogP contribution in [0.2, 0.25) is 15.1 Å². The quantitative estimate of drug-likeness (QED) is 0.664. The summed E-state index contributed by atoms with van der Waals surface area (Å²) in [7, 11) is 0. The van der Waals surface area contributed by atoms with Gasteiger partial charge in [-0.2, -0.15) is 0 Å². The lowest BCUT2D eigenvalue weighted by atomic mass is 10.2. The van der Waals surface area contributed by atoms with E-state index < -0.39 is 0 Å². The lowest BCUT2D eigenvalue weighted by Crippen LogP contribution is -2.11. The number of carbonyl (C=O) groups is 1. The van der Waals surface area contributed by atoms with Crippen molar-refractivity contribution < 1.29 is 9.21 Å². The van der Waals surface area contributed by atoms with Crippen LogP contribution >= 0.6 is 34.8 Å². The Hall–Kier alpha value is -2.08. The highest BCUT2D eigenvalue weighted by molar-refractivity contribution is 6.49. The van der Waals surface area contributed by atoms with Gasteiger partial charge in [0, 0.05) is 5.56 Å². The molecule has 0 unspecified atom stereocenters. The van der Waals surface area contributed by atoms with Gasteiger partial charge in [0.1, 0.15) is 0 Å². The fourth-order valence-electron chi connectivity index (χ4n) is 1.83. The highest BCUT2D eigenvalue weighted by atomic mass is 35.5. The summed E-state index contributed by atoms with van der Waals surface area (Å²) in [6.07, 6.45) is 0. The molecule has 2 aromatic carbocycles. The van der Waals surface area contributed by atoms with Crippen LogP contribution in [0.25, 0.3) is 11.5 Å². The zero-order valence-corrected chi connectivity index (χ0v) is 13.7. The van der Waals surface area contributed by atoms with Gasteiger partial charge < -0.3 is 4.42 Å². The minimum Gasteiger partial charge on any atom is -0.403 e. The van der Waals surface area contributed by atoms with E-state index in [2.05, 4.69) is 15.5 Å². The number of carbonyl (C=O) groups excluding carboxylic acids is 1. The Morgan fingerprint density at radius 3 is 2.43 bits per heavy atom. The molecule has 0 aliphatic carbocycles. The summed E-state index contributed by atoms with van der Waals surface area (Å²) < 4.78 is 5.40. The van der Waals surface area contributed by atoms with E-state index in [4.69, 9.17) is 39.2 Å². The van der Waals surface area contributed by atoms with Crippen molar-refractivity contribution >= 4 is 46.7 Å². The molecule has 0 bridgehead atoms. The van der Waals surface area contributed by atoms with Crippen LogP contribution in [-0.4, -0.2) is 16.1 Å². The van der Waals surface area contributed by atoms with Crippen molar-refractivity contribution in [1.29, 1.82) is 0 Å². The van der Waals surface area contributed by atoms with E-state index >= 15 is 0 Å². The van der Waals surface area contributed by atoms with E-state index in [1.54, 1.807) is 36.4 Å². The van der Waals surface area contributed by atoms with Gasteiger partial charge >= 0.3 is 6.01 Å². The monoisotopic (exact) mass is 367 g/mol. The van der Waals surface area contributed by atoms with Gasteiger partial charge in [-0.3, -0.25) is 10.1 Å². The molecule has 23 heavy (non-hydrogen) atoms. The van der Waals surface area contributed by atoms with Crippen molar-refractivity contribution in [3.8, 4) is 11.5 Å². The Morgan fingerprint density at radius 1 is 0.957 bits per heavy atom. The molecule has 5 nitrogen and oxygen atoms in total. The lowest BCUT2D eigenvalue weighted by molar-refractivity contribution is 0.102. The predicted octanol–water partition coefficient (Wildman–Crippen LogP) is 4.95. The van der Waals surface area contributed by atoms with E-state index in [1.165, 1.54) is 0 Å². The molecule has 0 aliphatic heterocycles. The van der Waals surface area contributed by atoms with E-state index in [9.17, 15) is 4.79 Å². The van der Waals surface area contributed by atoms with Crippen LogP contribution in [0, 0.1) is 0 Å². The zero-order valence-electron chi connectivity index (χ0n) is 11.4. The topological polar surface area (TPSA) is 68.0 Å². The van der Waals surface area contributed by atoms with Gasteiger partial charge in [-0.15, -0.1) is 5.10 Å². The SMILES string of the molecule is O=C(Nc1nnc(-c2ccc(Cl)c(Cl)c2Cl)o1)c1ccccc1. The van der Waals surface area contributed by atoms with Crippen LogP contribution < -0.4 is 5.32 Å². The van der Waals surface area contributed by atoms with Crippen molar-refractivity contribution in [1.82, 2.24) is 10.2 Å². The summed E-state index contributed by atoms with van der Waals surface area (Å²) in [6, 6.07) is 11.8. The second-order valence-electron chi connectivity index (χ2n) is 4.46. The fraction of sp³-hybridized carbons (Fsp3) is 0. The van der Waals surface area contributed by atoms with Gasteiger partial charge in [0.25, 0.3) is 11.8 Å². The summed E-state index contributed by atoms with van der Waals surface area (Å²) in [6.45, 7) is 0. The van der Waals surface area contributed by atoms with Gasteiger partial charge in [0.15, 0.2) is 0 Å². The molecule has 0 aliphatic rings. The highest BCUT2D eigenvalue weighted by Gasteiger charge is 2.17. The lowest BCUT2D eigenvalue weighted by Gasteiger charge is -2.03. The van der Waals surface area contributed by atoms with Crippen molar-refractivity contribution in [3.63, 3.8) is 0 Å². The van der Waals surface area contributed by atoms with Crippen LogP contribution in [0.1, 0.15) is 10.4 Å². The summed E-state index contributed by atoms with van der Waals surface area (Å²) in [5.41, 5.74) is 0.897. The summed E-state index contributed by atoms with van der Waals surface area (Å²) in [4.78, 5) is 12.0. The first kappa shape index (κ1) is 15.8. The number of halogens is 3.